The van der Waals surface area contributed by atoms with Crippen molar-refractivity contribution in [3.63, 3.8) is 0 Å². The number of likely N-dealkylation sites (tertiary alicyclic amines) is 1. The maximum absolute atomic E-state index is 12.9. The number of anilines is 1. The monoisotopic (exact) mass is 431 g/mol. The zero-order chi connectivity index (χ0) is 21.8. The largest absolute Gasteiger partial charge is 0.339 e. The summed E-state index contributed by atoms with van der Waals surface area (Å²) < 4.78 is 0. The van der Waals surface area contributed by atoms with E-state index >= 15 is 0 Å². The van der Waals surface area contributed by atoms with Crippen LogP contribution in [0.1, 0.15) is 39.5 Å². The molecule has 1 aliphatic heterocycles. The highest BCUT2D eigenvalue weighted by atomic mass is 32.2. The van der Waals surface area contributed by atoms with Gasteiger partial charge < -0.3 is 15.1 Å². The summed E-state index contributed by atoms with van der Waals surface area (Å²) in [7, 11) is 1.64. The molecule has 6 nitrogen and oxygen atoms in total. The predicted molar refractivity (Wildman–Crippen MR) is 120 cm³/mol. The summed E-state index contributed by atoms with van der Waals surface area (Å²) in [6.45, 7) is 4.92. The first-order chi connectivity index (χ1) is 14.3. The van der Waals surface area contributed by atoms with E-state index in [1.807, 2.05) is 35.4 Å². The lowest BCUT2D eigenvalue weighted by Gasteiger charge is -2.40. The van der Waals surface area contributed by atoms with Gasteiger partial charge in [0, 0.05) is 31.0 Å². The number of nitrogens with zero attached hydrogens (tertiary/aromatic N) is 2. The molecule has 30 heavy (non-hydrogen) atoms. The molecule has 4 atom stereocenters. The molecule has 1 saturated heterocycles. The fraction of sp³-hybridized carbons (Fsp3) is 0.609. The van der Waals surface area contributed by atoms with Gasteiger partial charge in [0.15, 0.2) is 0 Å². The quantitative estimate of drug-likeness (QED) is 0.700. The Morgan fingerprint density at radius 1 is 1.23 bits per heavy atom. The standard InChI is InChI=1S/C23H33N3O3S/c1-15-8-7-10-19(16(15)2)26-13-17(12-22(26)28)23(29)25(3)14-21(27)24-18-9-5-6-11-20(18)30-4/h5-6,9,11,15-17,19H,7-8,10,12-14H2,1-4H3,(H,24,27)/t15-,16-,17-,19-/m1/s1. The maximum atomic E-state index is 12.9. The Bertz CT molecular complexity index is 800. The number of amides is 3. The number of thioether (sulfide) groups is 1. The van der Waals surface area contributed by atoms with E-state index in [0.29, 0.717) is 18.4 Å². The lowest BCUT2D eigenvalue weighted by Crippen LogP contribution is -2.45. The minimum atomic E-state index is -0.363. The van der Waals surface area contributed by atoms with E-state index in [0.717, 1.165) is 23.4 Å². The van der Waals surface area contributed by atoms with Gasteiger partial charge in [-0.3, -0.25) is 14.4 Å². The second kappa shape index (κ2) is 9.86. The third-order valence-corrected chi connectivity index (χ3v) is 7.51. The van der Waals surface area contributed by atoms with Crippen molar-refractivity contribution in [3.05, 3.63) is 24.3 Å². The summed E-state index contributed by atoms with van der Waals surface area (Å²) in [4.78, 5) is 42.4. The Balaban J connectivity index is 1.57. The smallest absolute Gasteiger partial charge is 0.244 e. The number of hydrogen-bond acceptors (Lipinski definition) is 4. The zero-order valence-electron chi connectivity index (χ0n) is 18.4. The molecule has 0 spiro atoms. The molecule has 164 valence electrons. The summed E-state index contributed by atoms with van der Waals surface area (Å²) in [5.41, 5.74) is 0.749. The van der Waals surface area contributed by atoms with Crippen molar-refractivity contribution in [3.8, 4) is 0 Å². The summed E-state index contributed by atoms with van der Waals surface area (Å²) in [6.07, 6.45) is 5.57. The lowest BCUT2D eigenvalue weighted by molar-refractivity contribution is -0.137. The highest BCUT2D eigenvalue weighted by Gasteiger charge is 2.42. The maximum Gasteiger partial charge on any atom is 0.244 e. The zero-order valence-corrected chi connectivity index (χ0v) is 19.2. The fourth-order valence-electron chi connectivity index (χ4n) is 4.75. The molecule has 2 fully saturated rings. The van der Waals surface area contributed by atoms with Crippen molar-refractivity contribution in [2.24, 2.45) is 17.8 Å². The molecular weight excluding hydrogens is 398 g/mol. The molecule has 2 aliphatic rings. The minimum absolute atomic E-state index is 0.0247. The van der Waals surface area contributed by atoms with Gasteiger partial charge in [0.1, 0.15) is 0 Å². The van der Waals surface area contributed by atoms with E-state index < -0.39 is 0 Å². The minimum Gasteiger partial charge on any atom is -0.339 e. The van der Waals surface area contributed by atoms with Gasteiger partial charge in [-0.2, -0.15) is 0 Å². The predicted octanol–water partition coefficient (Wildman–Crippen LogP) is 3.48. The molecule has 1 saturated carbocycles. The Morgan fingerprint density at radius 3 is 2.70 bits per heavy atom. The number of nitrogens with one attached hydrogen (secondary N) is 1. The van der Waals surface area contributed by atoms with Crippen LogP contribution in [0.4, 0.5) is 5.69 Å². The Hall–Kier alpha value is -2.02. The first-order valence-corrected chi connectivity index (χ1v) is 12.0. The van der Waals surface area contributed by atoms with E-state index in [4.69, 9.17) is 0 Å². The summed E-state index contributed by atoms with van der Waals surface area (Å²) in [5.74, 6) is 0.404. The van der Waals surface area contributed by atoms with Crippen LogP contribution < -0.4 is 5.32 Å². The molecule has 0 aromatic heterocycles. The van der Waals surface area contributed by atoms with Crippen LogP contribution in [0.2, 0.25) is 0 Å². The van der Waals surface area contributed by atoms with Crippen molar-refractivity contribution >= 4 is 35.2 Å². The van der Waals surface area contributed by atoms with Crippen LogP contribution in [0, 0.1) is 17.8 Å². The number of rotatable bonds is 6. The highest BCUT2D eigenvalue weighted by molar-refractivity contribution is 7.98. The lowest BCUT2D eigenvalue weighted by atomic mass is 9.77. The van der Waals surface area contributed by atoms with Crippen LogP contribution in [0.5, 0.6) is 0 Å². The Morgan fingerprint density at radius 2 is 1.97 bits per heavy atom. The van der Waals surface area contributed by atoms with Crippen molar-refractivity contribution < 1.29 is 14.4 Å². The topological polar surface area (TPSA) is 69.7 Å². The second-order valence-corrected chi connectivity index (χ2v) is 9.57. The first-order valence-electron chi connectivity index (χ1n) is 10.8. The van der Waals surface area contributed by atoms with E-state index in [1.165, 1.54) is 11.3 Å². The molecule has 7 heteroatoms. The SMILES string of the molecule is CSc1ccccc1NC(=O)CN(C)C(=O)[C@@H]1CC(=O)N([C@@H]2CCC[C@@H](C)[C@H]2C)C1. The number of hydrogen-bond donors (Lipinski definition) is 1. The number of likely N-dealkylation sites (N-methyl/N-ethyl adjacent to an activating group) is 1. The van der Waals surface area contributed by atoms with Gasteiger partial charge in [0.25, 0.3) is 0 Å². The fourth-order valence-corrected chi connectivity index (χ4v) is 5.31. The Labute approximate surface area is 183 Å². The van der Waals surface area contributed by atoms with Gasteiger partial charge in [-0.05, 0) is 36.6 Å². The van der Waals surface area contributed by atoms with Crippen LogP contribution in [-0.2, 0) is 14.4 Å². The molecule has 1 N–H and O–H groups in total. The van der Waals surface area contributed by atoms with E-state index in [9.17, 15) is 14.4 Å². The van der Waals surface area contributed by atoms with Crippen LogP contribution in [-0.4, -0.2) is 60.0 Å². The van der Waals surface area contributed by atoms with Crippen molar-refractivity contribution in [1.29, 1.82) is 0 Å². The van der Waals surface area contributed by atoms with Crippen LogP contribution in [0.25, 0.3) is 0 Å². The molecule has 3 amide bonds. The van der Waals surface area contributed by atoms with Crippen molar-refractivity contribution in [2.45, 2.75) is 50.5 Å². The summed E-state index contributed by atoms with van der Waals surface area (Å²) in [6, 6.07) is 7.83. The summed E-state index contributed by atoms with van der Waals surface area (Å²) >= 11 is 1.56. The molecule has 0 unspecified atom stereocenters. The number of carbonyl (C=O) groups is 3. The Kier molecular flexibility index (Phi) is 7.45. The van der Waals surface area contributed by atoms with Crippen LogP contribution >= 0.6 is 11.8 Å². The first kappa shape index (κ1) is 22.7. The normalized spacial score (nSPS) is 26.5. The third kappa shape index (κ3) is 4.99. The number of benzene rings is 1. The summed E-state index contributed by atoms with van der Waals surface area (Å²) in [5, 5.41) is 2.89. The van der Waals surface area contributed by atoms with Crippen LogP contribution in [0.15, 0.2) is 29.2 Å². The average molecular weight is 432 g/mol. The highest BCUT2D eigenvalue weighted by Crippen LogP contribution is 2.36. The van der Waals surface area contributed by atoms with E-state index in [2.05, 4.69) is 19.2 Å². The number of para-hydroxylation sites is 1. The third-order valence-electron chi connectivity index (χ3n) is 6.71. The van der Waals surface area contributed by atoms with Gasteiger partial charge in [-0.1, -0.05) is 38.8 Å². The van der Waals surface area contributed by atoms with Gasteiger partial charge in [0.05, 0.1) is 18.2 Å². The van der Waals surface area contributed by atoms with E-state index in [-0.39, 0.29) is 42.6 Å². The van der Waals surface area contributed by atoms with Crippen molar-refractivity contribution in [2.75, 3.05) is 31.7 Å². The number of carbonyl (C=O) groups excluding carboxylic acids is 3. The average Bonchev–Trinajstić information content (AvgIpc) is 3.11. The molecular formula is C23H33N3O3S. The van der Waals surface area contributed by atoms with Gasteiger partial charge in [-0.15, -0.1) is 11.8 Å². The van der Waals surface area contributed by atoms with Gasteiger partial charge >= 0.3 is 0 Å². The van der Waals surface area contributed by atoms with E-state index in [1.54, 1.807) is 18.8 Å². The molecule has 1 aromatic rings. The molecule has 1 heterocycles. The van der Waals surface area contributed by atoms with Crippen molar-refractivity contribution in [1.82, 2.24) is 9.80 Å². The second-order valence-electron chi connectivity index (χ2n) is 8.72. The van der Waals surface area contributed by atoms with Gasteiger partial charge in [0.2, 0.25) is 17.7 Å². The molecule has 0 bridgehead atoms. The molecule has 1 aromatic carbocycles. The van der Waals surface area contributed by atoms with Crippen LogP contribution in [0.3, 0.4) is 0 Å². The molecule has 0 radical (unpaired) electrons. The van der Waals surface area contributed by atoms with Gasteiger partial charge in [-0.25, -0.2) is 0 Å². The molecule has 1 aliphatic carbocycles. The molecule has 3 rings (SSSR count).